The van der Waals surface area contributed by atoms with E-state index in [0.29, 0.717) is 12.2 Å². The van der Waals surface area contributed by atoms with Crippen LogP contribution in [0.2, 0.25) is 0 Å². The van der Waals surface area contributed by atoms with Crippen LogP contribution in [-0.4, -0.2) is 16.3 Å². The van der Waals surface area contributed by atoms with E-state index in [2.05, 4.69) is 53.8 Å². The fraction of sp³-hybridized carbons (Fsp3) is 0.462. The molecule has 2 rings (SSSR count). The average Bonchev–Trinajstić information content (AvgIpc) is 2.70. The van der Waals surface area contributed by atoms with Crippen LogP contribution >= 0.6 is 34.4 Å². The van der Waals surface area contributed by atoms with Crippen molar-refractivity contribution in [3.63, 3.8) is 0 Å². The standard InChI is InChI=1S/C13H15IOS/c1-13(7-2-8-16-13)12(15)9-10-3-5-11(14)6-4-10/h3-6H,2,7-9H2,1H3. The Morgan fingerprint density at radius 2 is 2.12 bits per heavy atom. The van der Waals surface area contributed by atoms with E-state index in [1.807, 2.05) is 11.8 Å². The molecule has 0 radical (unpaired) electrons. The summed E-state index contributed by atoms with van der Waals surface area (Å²) in [4.78, 5) is 12.2. The van der Waals surface area contributed by atoms with Crippen molar-refractivity contribution in [3.8, 4) is 0 Å². The molecule has 1 atom stereocenters. The van der Waals surface area contributed by atoms with Gasteiger partial charge in [-0.25, -0.2) is 0 Å². The van der Waals surface area contributed by atoms with Gasteiger partial charge in [0.15, 0.2) is 5.78 Å². The number of benzene rings is 1. The van der Waals surface area contributed by atoms with Crippen LogP contribution in [0.5, 0.6) is 0 Å². The van der Waals surface area contributed by atoms with Gasteiger partial charge in [0.1, 0.15) is 0 Å². The van der Waals surface area contributed by atoms with Gasteiger partial charge >= 0.3 is 0 Å². The Labute approximate surface area is 115 Å². The van der Waals surface area contributed by atoms with Crippen molar-refractivity contribution < 1.29 is 4.79 Å². The molecular weight excluding hydrogens is 331 g/mol. The molecule has 1 aromatic carbocycles. The molecule has 0 aliphatic carbocycles. The number of Topliss-reactive ketones (excluding diaryl/α,β-unsaturated/α-hetero) is 1. The van der Waals surface area contributed by atoms with Gasteiger partial charge < -0.3 is 0 Å². The quantitative estimate of drug-likeness (QED) is 0.777. The van der Waals surface area contributed by atoms with Crippen molar-refractivity contribution in [3.05, 3.63) is 33.4 Å². The molecule has 1 saturated heterocycles. The van der Waals surface area contributed by atoms with Gasteiger partial charge in [-0.1, -0.05) is 12.1 Å². The highest BCUT2D eigenvalue weighted by molar-refractivity contribution is 14.1. The maximum Gasteiger partial charge on any atom is 0.152 e. The minimum absolute atomic E-state index is 0.122. The number of halogens is 1. The molecule has 1 aromatic rings. The van der Waals surface area contributed by atoms with Crippen molar-refractivity contribution in [2.24, 2.45) is 0 Å². The summed E-state index contributed by atoms with van der Waals surface area (Å²) in [6, 6.07) is 8.24. The molecule has 0 amide bonds. The largest absolute Gasteiger partial charge is 0.298 e. The third-order valence-electron chi connectivity index (χ3n) is 3.09. The predicted molar refractivity (Wildman–Crippen MR) is 78.0 cm³/mol. The van der Waals surface area contributed by atoms with Gasteiger partial charge in [0, 0.05) is 9.99 Å². The van der Waals surface area contributed by atoms with Gasteiger partial charge in [0.25, 0.3) is 0 Å². The first kappa shape index (κ1) is 12.4. The van der Waals surface area contributed by atoms with E-state index in [0.717, 1.165) is 17.7 Å². The third-order valence-corrected chi connectivity index (χ3v) is 5.37. The average molecular weight is 346 g/mol. The first-order chi connectivity index (χ1) is 7.60. The molecule has 0 bridgehead atoms. The zero-order valence-corrected chi connectivity index (χ0v) is 12.3. The summed E-state index contributed by atoms with van der Waals surface area (Å²) in [5, 5.41) is 0. The third kappa shape index (κ3) is 2.80. The number of hydrogen-bond acceptors (Lipinski definition) is 2. The Morgan fingerprint density at radius 3 is 2.69 bits per heavy atom. The number of rotatable bonds is 3. The lowest BCUT2D eigenvalue weighted by molar-refractivity contribution is -0.120. The highest BCUT2D eigenvalue weighted by Crippen LogP contribution is 2.39. The second-order valence-electron chi connectivity index (χ2n) is 4.41. The molecule has 1 heterocycles. The Hall–Kier alpha value is -0.0300. The lowest BCUT2D eigenvalue weighted by Gasteiger charge is -2.20. The van der Waals surface area contributed by atoms with Gasteiger partial charge in [0.05, 0.1) is 4.75 Å². The predicted octanol–water partition coefficient (Wildman–Crippen LogP) is 3.69. The molecule has 0 saturated carbocycles. The Bertz CT molecular complexity index is 379. The molecule has 0 N–H and O–H groups in total. The molecule has 1 aliphatic heterocycles. The number of carbonyl (C=O) groups excluding carboxylic acids is 1. The number of carbonyl (C=O) groups is 1. The van der Waals surface area contributed by atoms with Crippen LogP contribution in [0.1, 0.15) is 25.3 Å². The normalized spacial score (nSPS) is 24.6. The van der Waals surface area contributed by atoms with Gasteiger partial charge in [-0.3, -0.25) is 4.79 Å². The van der Waals surface area contributed by atoms with Crippen LogP contribution in [0, 0.1) is 3.57 Å². The summed E-state index contributed by atoms with van der Waals surface area (Å²) < 4.78 is 1.10. The summed E-state index contributed by atoms with van der Waals surface area (Å²) in [5.74, 6) is 1.52. The van der Waals surface area contributed by atoms with E-state index in [1.165, 1.54) is 9.99 Å². The maximum absolute atomic E-state index is 12.2. The SMILES string of the molecule is CC1(C(=O)Cc2ccc(I)cc2)CCCS1. The van der Waals surface area contributed by atoms with Crippen molar-refractivity contribution >= 4 is 40.1 Å². The molecule has 86 valence electrons. The van der Waals surface area contributed by atoms with Crippen molar-refractivity contribution in [1.29, 1.82) is 0 Å². The van der Waals surface area contributed by atoms with E-state index < -0.39 is 0 Å². The lowest BCUT2D eigenvalue weighted by Crippen LogP contribution is -2.30. The molecular formula is C13H15IOS. The minimum Gasteiger partial charge on any atom is -0.298 e. The second-order valence-corrected chi connectivity index (χ2v) is 7.25. The number of thioether (sulfide) groups is 1. The second kappa shape index (κ2) is 5.08. The first-order valence-electron chi connectivity index (χ1n) is 5.52. The fourth-order valence-electron chi connectivity index (χ4n) is 1.97. The van der Waals surface area contributed by atoms with Crippen LogP contribution in [-0.2, 0) is 11.2 Å². The molecule has 16 heavy (non-hydrogen) atoms. The Balaban J connectivity index is 2.04. The van der Waals surface area contributed by atoms with E-state index >= 15 is 0 Å². The molecule has 1 fully saturated rings. The summed E-state index contributed by atoms with van der Waals surface area (Å²) in [6.45, 7) is 2.10. The number of ketones is 1. The van der Waals surface area contributed by atoms with Crippen LogP contribution in [0.4, 0.5) is 0 Å². The van der Waals surface area contributed by atoms with Crippen LogP contribution < -0.4 is 0 Å². The van der Waals surface area contributed by atoms with Crippen LogP contribution in [0.15, 0.2) is 24.3 Å². The Morgan fingerprint density at radius 1 is 1.44 bits per heavy atom. The van der Waals surface area contributed by atoms with Crippen LogP contribution in [0.25, 0.3) is 0 Å². The van der Waals surface area contributed by atoms with Gasteiger partial charge in [-0.05, 0) is 65.8 Å². The highest BCUT2D eigenvalue weighted by atomic mass is 127. The minimum atomic E-state index is -0.122. The molecule has 1 aliphatic rings. The van der Waals surface area contributed by atoms with Gasteiger partial charge in [-0.2, -0.15) is 0 Å². The number of hydrogen-bond donors (Lipinski definition) is 0. The van der Waals surface area contributed by atoms with E-state index in [4.69, 9.17) is 0 Å². The van der Waals surface area contributed by atoms with E-state index in [1.54, 1.807) is 0 Å². The van der Waals surface area contributed by atoms with Crippen molar-refractivity contribution in [2.75, 3.05) is 5.75 Å². The molecule has 3 heteroatoms. The monoisotopic (exact) mass is 346 g/mol. The summed E-state index contributed by atoms with van der Waals surface area (Å²) in [7, 11) is 0. The first-order valence-corrected chi connectivity index (χ1v) is 7.58. The smallest absolute Gasteiger partial charge is 0.152 e. The van der Waals surface area contributed by atoms with Crippen molar-refractivity contribution in [2.45, 2.75) is 30.9 Å². The van der Waals surface area contributed by atoms with E-state index in [9.17, 15) is 4.79 Å². The molecule has 1 nitrogen and oxygen atoms in total. The van der Waals surface area contributed by atoms with Gasteiger partial charge in [-0.15, -0.1) is 11.8 Å². The fourth-order valence-corrected chi connectivity index (χ4v) is 3.59. The van der Waals surface area contributed by atoms with Crippen LogP contribution in [0.3, 0.4) is 0 Å². The topological polar surface area (TPSA) is 17.1 Å². The Kier molecular flexibility index (Phi) is 3.95. The molecule has 0 aromatic heterocycles. The zero-order chi connectivity index (χ0) is 11.6. The lowest BCUT2D eigenvalue weighted by atomic mass is 9.95. The van der Waals surface area contributed by atoms with E-state index in [-0.39, 0.29) is 4.75 Å². The molecule has 1 unspecified atom stereocenters. The summed E-state index contributed by atoms with van der Waals surface area (Å²) in [5.41, 5.74) is 1.14. The summed E-state index contributed by atoms with van der Waals surface area (Å²) >= 11 is 4.11. The van der Waals surface area contributed by atoms with Crippen molar-refractivity contribution in [1.82, 2.24) is 0 Å². The maximum atomic E-state index is 12.2. The zero-order valence-electron chi connectivity index (χ0n) is 9.33. The highest BCUT2D eigenvalue weighted by Gasteiger charge is 2.36. The summed E-state index contributed by atoms with van der Waals surface area (Å²) in [6.07, 6.45) is 2.81. The van der Waals surface area contributed by atoms with Gasteiger partial charge in [0.2, 0.25) is 0 Å². The molecule has 0 spiro atoms.